The summed E-state index contributed by atoms with van der Waals surface area (Å²) in [6.45, 7) is 13.8. The highest BCUT2D eigenvalue weighted by Gasteiger charge is 2.12. The molecule has 0 aromatic heterocycles. The van der Waals surface area contributed by atoms with Gasteiger partial charge >= 0.3 is 0 Å². The van der Waals surface area contributed by atoms with Crippen molar-refractivity contribution in [2.75, 3.05) is 27.2 Å². The summed E-state index contributed by atoms with van der Waals surface area (Å²) in [6.07, 6.45) is 1.09. The Balaban J connectivity index is 2.43. The van der Waals surface area contributed by atoms with Crippen molar-refractivity contribution in [1.82, 2.24) is 15.5 Å². The quantitative estimate of drug-likeness (QED) is 0.409. The first-order chi connectivity index (χ1) is 11.9. The van der Waals surface area contributed by atoms with Crippen molar-refractivity contribution in [2.45, 2.75) is 59.7 Å². The lowest BCUT2D eigenvalue weighted by Crippen LogP contribution is -2.41. The molecule has 0 aliphatic carbocycles. The summed E-state index contributed by atoms with van der Waals surface area (Å²) in [5.41, 5.74) is 2.32. The maximum Gasteiger partial charge on any atom is 0.191 e. The normalized spacial score (nSPS) is 12.2. The number of benzene rings is 1. The van der Waals surface area contributed by atoms with Gasteiger partial charge in [-0.15, -0.1) is 0 Å². The molecule has 1 rings (SSSR count). The van der Waals surface area contributed by atoms with Gasteiger partial charge in [0.15, 0.2) is 5.96 Å². The first kappa shape index (κ1) is 21.3. The number of aryl methyl sites for hydroxylation is 1. The number of methoxy groups -OCH3 is 1. The van der Waals surface area contributed by atoms with Crippen LogP contribution in [-0.2, 0) is 6.54 Å². The van der Waals surface area contributed by atoms with E-state index in [9.17, 15) is 0 Å². The molecule has 0 atom stereocenters. The van der Waals surface area contributed by atoms with Gasteiger partial charge in [-0.05, 0) is 52.7 Å². The van der Waals surface area contributed by atoms with E-state index in [1.165, 1.54) is 5.56 Å². The minimum Gasteiger partial charge on any atom is -0.496 e. The second kappa shape index (κ2) is 11.0. The molecule has 0 spiro atoms. The van der Waals surface area contributed by atoms with Crippen LogP contribution in [0.3, 0.4) is 0 Å². The van der Waals surface area contributed by atoms with Gasteiger partial charge in [-0.25, -0.2) is 0 Å². The fourth-order valence-corrected chi connectivity index (χ4v) is 2.98. The van der Waals surface area contributed by atoms with E-state index >= 15 is 0 Å². The van der Waals surface area contributed by atoms with E-state index in [1.807, 2.05) is 0 Å². The highest BCUT2D eigenvalue weighted by atomic mass is 16.5. The first-order valence-electron chi connectivity index (χ1n) is 9.22. The van der Waals surface area contributed by atoms with Crippen LogP contribution < -0.4 is 15.4 Å². The molecule has 0 fully saturated rings. The van der Waals surface area contributed by atoms with Crippen LogP contribution in [0.5, 0.6) is 5.75 Å². The van der Waals surface area contributed by atoms with Gasteiger partial charge in [-0.2, -0.15) is 0 Å². The molecule has 5 heteroatoms. The second-order valence-electron chi connectivity index (χ2n) is 6.95. The third-order valence-electron chi connectivity index (χ3n) is 4.32. The Bertz CT molecular complexity index is 532. The van der Waals surface area contributed by atoms with Gasteiger partial charge in [-0.1, -0.05) is 12.1 Å². The number of hydrogen-bond donors (Lipinski definition) is 2. The average molecular weight is 349 g/mol. The molecular formula is C20H36N4O. The minimum atomic E-state index is 0.575. The largest absolute Gasteiger partial charge is 0.496 e. The fraction of sp³-hybridized carbons (Fsp3) is 0.650. The van der Waals surface area contributed by atoms with Gasteiger partial charge in [0.05, 0.1) is 7.11 Å². The molecule has 0 unspecified atom stereocenters. The SMILES string of the molecule is CN=C(NCCCN(C(C)C)C(C)C)NCc1ccc(C)cc1OC. The number of nitrogens with one attached hydrogen (secondary N) is 2. The lowest BCUT2D eigenvalue weighted by Gasteiger charge is -2.30. The Kier molecular flexibility index (Phi) is 9.35. The van der Waals surface area contributed by atoms with E-state index in [-0.39, 0.29) is 0 Å². The summed E-state index contributed by atoms with van der Waals surface area (Å²) >= 11 is 0. The zero-order valence-electron chi connectivity index (χ0n) is 17.0. The van der Waals surface area contributed by atoms with Crippen LogP contribution in [0.25, 0.3) is 0 Å². The molecule has 0 amide bonds. The number of rotatable bonds is 9. The number of aliphatic imine (C=N–C) groups is 1. The summed E-state index contributed by atoms with van der Waals surface area (Å²) in [7, 11) is 3.51. The van der Waals surface area contributed by atoms with Crippen molar-refractivity contribution < 1.29 is 4.74 Å². The lowest BCUT2D eigenvalue weighted by atomic mass is 10.1. The number of nitrogens with zero attached hydrogens (tertiary/aromatic N) is 2. The van der Waals surface area contributed by atoms with Crippen molar-refractivity contribution in [3.63, 3.8) is 0 Å². The molecule has 25 heavy (non-hydrogen) atoms. The van der Waals surface area contributed by atoms with Gasteiger partial charge in [0.1, 0.15) is 5.75 Å². The van der Waals surface area contributed by atoms with Crippen molar-refractivity contribution in [2.24, 2.45) is 4.99 Å². The second-order valence-corrected chi connectivity index (χ2v) is 6.95. The van der Waals surface area contributed by atoms with Gasteiger partial charge < -0.3 is 15.4 Å². The molecule has 0 saturated carbocycles. The Labute approximate surface area is 153 Å². The number of ether oxygens (including phenoxy) is 1. The van der Waals surface area contributed by atoms with Gasteiger partial charge in [0, 0.05) is 44.3 Å². The van der Waals surface area contributed by atoms with Crippen LogP contribution in [0, 0.1) is 6.92 Å². The van der Waals surface area contributed by atoms with Gasteiger partial charge in [0.25, 0.3) is 0 Å². The summed E-state index contributed by atoms with van der Waals surface area (Å²) in [4.78, 5) is 6.81. The maximum absolute atomic E-state index is 5.46. The van der Waals surface area contributed by atoms with Crippen molar-refractivity contribution >= 4 is 5.96 Å². The van der Waals surface area contributed by atoms with E-state index < -0.39 is 0 Å². The van der Waals surface area contributed by atoms with E-state index in [0.29, 0.717) is 18.6 Å². The molecule has 0 aliphatic heterocycles. The Hall–Kier alpha value is -1.75. The van der Waals surface area contributed by atoms with Crippen LogP contribution in [0.15, 0.2) is 23.2 Å². The third-order valence-corrected chi connectivity index (χ3v) is 4.32. The zero-order chi connectivity index (χ0) is 18.8. The van der Waals surface area contributed by atoms with Crippen LogP contribution in [0.2, 0.25) is 0 Å². The van der Waals surface area contributed by atoms with Crippen molar-refractivity contribution in [3.05, 3.63) is 29.3 Å². The molecule has 1 aromatic carbocycles. The molecule has 1 aromatic rings. The molecule has 0 aliphatic rings. The fourth-order valence-electron chi connectivity index (χ4n) is 2.98. The first-order valence-corrected chi connectivity index (χ1v) is 9.22. The van der Waals surface area contributed by atoms with Crippen molar-refractivity contribution in [3.8, 4) is 5.75 Å². The topological polar surface area (TPSA) is 48.9 Å². The highest BCUT2D eigenvalue weighted by Crippen LogP contribution is 2.19. The predicted molar refractivity (Wildman–Crippen MR) is 108 cm³/mol. The Morgan fingerprint density at radius 1 is 1.16 bits per heavy atom. The maximum atomic E-state index is 5.46. The van der Waals surface area contributed by atoms with Gasteiger partial charge in [-0.3, -0.25) is 9.89 Å². The average Bonchev–Trinajstić information content (AvgIpc) is 2.57. The molecule has 0 saturated heterocycles. The molecule has 5 nitrogen and oxygen atoms in total. The van der Waals surface area contributed by atoms with E-state index in [2.05, 4.69) is 73.3 Å². The lowest BCUT2D eigenvalue weighted by molar-refractivity contribution is 0.173. The zero-order valence-corrected chi connectivity index (χ0v) is 17.0. The van der Waals surface area contributed by atoms with Crippen LogP contribution >= 0.6 is 0 Å². The van der Waals surface area contributed by atoms with Crippen LogP contribution in [-0.4, -0.2) is 50.2 Å². The predicted octanol–water partition coefficient (Wildman–Crippen LogP) is 3.18. The van der Waals surface area contributed by atoms with Gasteiger partial charge in [0.2, 0.25) is 0 Å². The van der Waals surface area contributed by atoms with E-state index in [1.54, 1.807) is 14.2 Å². The monoisotopic (exact) mass is 348 g/mol. The third kappa shape index (κ3) is 7.34. The Morgan fingerprint density at radius 3 is 2.40 bits per heavy atom. The van der Waals surface area contributed by atoms with E-state index in [4.69, 9.17) is 4.74 Å². The molecule has 0 bridgehead atoms. The standard InChI is InChI=1S/C20H36N4O/c1-15(2)24(16(3)4)12-8-11-22-20(21-6)23-14-18-10-9-17(5)13-19(18)25-7/h9-10,13,15-16H,8,11-12,14H2,1-7H3,(H2,21,22,23). The molecular weight excluding hydrogens is 312 g/mol. The Morgan fingerprint density at radius 2 is 1.84 bits per heavy atom. The summed E-state index contributed by atoms with van der Waals surface area (Å²) in [6, 6.07) is 7.40. The molecule has 0 heterocycles. The molecule has 2 N–H and O–H groups in total. The smallest absolute Gasteiger partial charge is 0.191 e. The molecule has 0 radical (unpaired) electrons. The van der Waals surface area contributed by atoms with Crippen molar-refractivity contribution in [1.29, 1.82) is 0 Å². The summed E-state index contributed by atoms with van der Waals surface area (Å²) < 4.78 is 5.46. The number of guanidine groups is 1. The highest BCUT2D eigenvalue weighted by molar-refractivity contribution is 5.79. The van der Waals surface area contributed by atoms with Crippen LogP contribution in [0.1, 0.15) is 45.2 Å². The summed E-state index contributed by atoms with van der Waals surface area (Å²) in [5, 5.41) is 6.75. The molecule has 142 valence electrons. The van der Waals surface area contributed by atoms with Crippen LogP contribution in [0.4, 0.5) is 0 Å². The summed E-state index contributed by atoms with van der Waals surface area (Å²) in [5.74, 6) is 1.73. The number of hydrogen-bond acceptors (Lipinski definition) is 3. The minimum absolute atomic E-state index is 0.575. The van der Waals surface area contributed by atoms with E-state index in [0.717, 1.165) is 36.8 Å².